The Labute approximate surface area is 194 Å². The van der Waals surface area contributed by atoms with Crippen molar-refractivity contribution in [3.8, 4) is 23.0 Å². The Hall–Kier alpha value is -2.74. The Kier molecular flexibility index (Phi) is 7.66. The maximum atomic E-state index is 6.15. The molecule has 0 saturated heterocycles. The van der Waals surface area contributed by atoms with E-state index in [1.165, 1.54) is 22.3 Å². The first kappa shape index (κ1) is 23.9. The van der Waals surface area contributed by atoms with Gasteiger partial charge in [0, 0.05) is 0 Å². The minimum Gasteiger partial charge on any atom is -0.457 e. The first-order valence-electron chi connectivity index (χ1n) is 11.9. The van der Waals surface area contributed by atoms with Crippen molar-refractivity contribution < 1.29 is 9.47 Å². The standard InChI is InChI=1S/C30H38O2/c1-19(2)27-15-13-25(17-29(27)21(5)6)31-23-9-11-24(12-10-23)32-26-14-16-28(20(3)4)30(18-26)22(7)8/h9-22H,1-8H3. The van der Waals surface area contributed by atoms with Gasteiger partial charge in [0.05, 0.1) is 0 Å². The van der Waals surface area contributed by atoms with Crippen LogP contribution in [0.2, 0.25) is 0 Å². The van der Waals surface area contributed by atoms with Gasteiger partial charge in [-0.15, -0.1) is 0 Å². The van der Waals surface area contributed by atoms with Crippen LogP contribution in [0.25, 0.3) is 0 Å². The van der Waals surface area contributed by atoms with Crippen LogP contribution in [-0.2, 0) is 0 Å². The summed E-state index contributed by atoms with van der Waals surface area (Å²) < 4.78 is 12.3. The zero-order valence-corrected chi connectivity index (χ0v) is 20.9. The molecule has 32 heavy (non-hydrogen) atoms. The smallest absolute Gasteiger partial charge is 0.127 e. The average molecular weight is 431 g/mol. The summed E-state index contributed by atoms with van der Waals surface area (Å²) in [6, 6.07) is 20.7. The molecule has 2 heteroatoms. The SMILES string of the molecule is CC(C)c1ccc(Oc2ccc(Oc3ccc(C(C)C)c(C(C)C)c3)cc2)cc1C(C)C. The second-order valence-electron chi connectivity index (χ2n) is 9.88. The molecule has 0 aliphatic heterocycles. The molecule has 2 nitrogen and oxygen atoms in total. The topological polar surface area (TPSA) is 18.5 Å². The van der Waals surface area contributed by atoms with Crippen molar-refractivity contribution >= 4 is 0 Å². The van der Waals surface area contributed by atoms with Crippen molar-refractivity contribution in [2.75, 3.05) is 0 Å². The normalized spacial score (nSPS) is 11.6. The van der Waals surface area contributed by atoms with E-state index in [9.17, 15) is 0 Å². The molecule has 0 N–H and O–H groups in total. The minimum atomic E-state index is 0.463. The van der Waals surface area contributed by atoms with Crippen molar-refractivity contribution in [2.45, 2.75) is 79.1 Å². The van der Waals surface area contributed by atoms with Gasteiger partial charge < -0.3 is 9.47 Å². The van der Waals surface area contributed by atoms with E-state index in [0.29, 0.717) is 23.7 Å². The molecule has 0 aromatic heterocycles. The number of rotatable bonds is 8. The molecule has 0 saturated carbocycles. The monoisotopic (exact) mass is 430 g/mol. The number of hydrogen-bond acceptors (Lipinski definition) is 2. The highest BCUT2D eigenvalue weighted by molar-refractivity contribution is 5.44. The van der Waals surface area contributed by atoms with E-state index in [4.69, 9.17) is 9.47 Å². The van der Waals surface area contributed by atoms with Gasteiger partial charge in [-0.05, 0) is 94.5 Å². The van der Waals surface area contributed by atoms with Gasteiger partial charge in [-0.2, -0.15) is 0 Å². The van der Waals surface area contributed by atoms with Gasteiger partial charge in [-0.3, -0.25) is 0 Å². The molecular weight excluding hydrogens is 392 g/mol. The fourth-order valence-electron chi connectivity index (χ4n) is 4.13. The third-order valence-corrected chi connectivity index (χ3v) is 5.90. The van der Waals surface area contributed by atoms with Crippen LogP contribution in [0.1, 0.15) is 101 Å². The van der Waals surface area contributed by atoms with E-state index in [0.717, 1.165) is 23.0 Å². The molecule has 0 atom stereocenters. The van der Waals surface area contributed by atoms with Crippen molar-refractivity contribution in [1.82, 2.24) is 0 Å². The summed E-state index contributed by atoms with van der Waals surface area (Å²) in [5.74, 6) is 5.29. The van der Waals surface area contributed by atoms with E-state index >= 15 is 0 Å². The minimum absolute atomic E-state index is 0.463. The Balaban J connectivity index is 1.75. The molecule has 0 radical (unpaired) electrons. The molecular formula is C30H38O2. The summed E-state index contributed by atoms with van der Waals surface area (Å²) in [4.78, 5) is 0. The summed E-state index contributed by atoms with van der Waals surface area (Å²) in [7, 11) is 0. The molecule has 0 aliphatic carbocycles. The zero-order chi connectivity index (χ0) is 23.4. The molecule has 0 fully saturated rings. The van der Waals surface area contributed by atoms with Crippen LogP contribution in [0, 0.1) is 0 Å². The fraction of sp³-hybridized carbons (Fsp3) is 0.400. The molecule has 0 unspecified atom stereocenters. The van der Waals surface area contributed by atoms with Crippen LogP contribution in [-0.4, -0.2) is 0 Å². The predicted molar refractivity (Wildman–Crippen MR) is 136 cm³/mol. The van der Waals surface area contributed by atoms with Crippen molar-refractivity contribution in [1.29, 1.82) is 0 Å². The molecule has 170 valence electrons. The average Bonchev–Trinajstić information content (AvgIpc) is 2.74. The maximum absolute atomic E-state index is 6.15. The lowest BCUT2D eigenvalue weighted by Gasteiger charge is -2.18. The second kappa shape index (κ2) is 10.3. The summed E-state index contributed by atoms with van der Waals surface area (Å²) in [5, 5.41) is 0. The fourth-order valence-corrected chi connectivity index (χ4v) is 4.13. The molecule has 3 aromatic carbocycles. The van der Waals surface area contributed by atoms with Crippen molar-refractivity contribution in [2.24, 2.45) is 0 Å². The van der Waals surface area contributed by atoms with Gasteiger partial charge in [0.25, 0.3) is 0 Å². The Morgan fingerprint density at radius 1 is 0.375 bits per heavy atom. The number of hydrogen-bond donors (Lipinski definition) is 0. The van der Waals surface area contributed by atoms with Crippen LogP contribution in [0.5, 0.6) is 23.0 Å². The molecule has 0 heterocycles. The van der Waals surface area contributed by atoms with Crippen LogP contribution in [0.4, 0.5) is 0 Å². The van der Waals surface area contributed by atoms with Gasteiger partial charge in [0.2, 0.25) is 0 Å². The number of benzene rings is 3. The van der Waals surface area contributed by atoms with Crippen molar-refractivity contribution in [3.05, 3.63) is 82.9 Å². The zero-order valence-electron chi connectivity index (χ0n) is 20.9. The lowest BCUT2D eigenvalue weighted by Crippen LogP contribution is -1.99. The summed E-state index contributed by atoms with van der Waals surface area (Å²) in [6.45, 7) is 17.9. The van der Waals surface area contributed by atoms with Crippen molar-refractivity contribution in [3.63, 3.8) is 0 Å². The molecule has 0 spiro atoms. The predicted octanol–water partition coefficient (Wildman–Crippen LogP) is 9.76. The summed E-state index contributed by atoms with van der Waals surface area (Å²) in [6.07, 6.45) is 0. The molecule has 0 bridgehead atoms. The van der Waals surface area contributed by atoms with E-state index in [1.807, 2.05) is 24.3 Å². The second-order valence-corrected chi connectivity index (χ2v) is 9.88. The molecule has 3 rings (SSSR count). The first-order valence-corrected chi connectivity index (χ1v) is 11.9. The Morgan fingerprint density at radius 2 is 0.656 bits per heavy atom. The van der Waals surface area contributed by atoms with Gasteiger partial charge in [0.15, 0.2) is 0 Å². The van der Waals surface area contributed by atoms with E-state index in [-0.39, 0.29) is 0 Å². The van der Waals surface area contributed by atoms with Crippen LogP contribution in [0.15, 0.2) is 60.7 Å². The van der Waals surface area contributed by atoms with Gasteiger partial charge in [-0.1, -0.05) is 67.5 Å². The summed E-state index contributed by atoms with van der Waals surface area (Å²) >= 11 is 0. The molecule has 0 aliphatic rings. The quantitative estimate of drug-likeness (QED) is 0.354. The largest absolute Gasteiger partial charge is 0.457 e. The highest BCUT2D eigenvalue weighted by Gasteiger charge is 2.13. The molecule has 0 amide bonds. The lowest BCUT2D eigenvalue weighted by atomic mass is 9.90. The van der Waals surface area contributed by atoms with E-state index in [1.54, 1.807) is 0 Å². The third kappa shape index (κ3) is 5.73. The Bertz CT molecular complexity index is 943. The van der Waals surface area contributed by atoms with Gasteiger partial charge in [-0.25, -0.2) is 0 Å². The number of ether oxygens (including phenoxy) is 2. The highest BCUT2D eigenvalue weighted by atomic mass is 16.5. The highest BCUT2D eigenvalue weighted by Crippen LogP contribution is 2.34. The van der Waals surface area contributed by atoms with Crippen LogP contribution in [0.3, 0.4) is 0 Å². The Morgan fingerprint density at radius 3 is 0.938 bits per heavy atom. The molecule has 3 aromatic rings. The third-order valence-electron chi connectivity index (χ3n) is 5.90. The first-order chi connectivity index (χ1) is 15.2. The van der Waals surface area contributed by atoms with Gasteiger partial charge >= 0.3 is 0 Å². The summed E-state index contributed by atoms with van der Waals surface area (Å²) in [5.41, 5.74) is 5.48. The van der Waals surface area contributed by atoms with E-state index < -0.39 is 0 Å². The van der Waals surface area contributed by atoms with Crippen LogP contribution >= 0.6 is 0 Å². The maximum Gasteiger partial charge on any atom is 0.127 e. The van der Waals surface area contributed by atoms with Gasteiger partial charge in [0.1, 0.15) is 23.0 Å². The van der Waals surface area contributed by atoms with E-state index in [2.05, 4.69) is 91.8 Å². The lowest BCUT2D eigenvalue weighted by molar-refractivity contribution is 0.468. The van der Waals surface area contributed by atoms with Crippen LogP contribution < -0.4 is 9.47 Å².